The second-order valence-electron chi connectivity index (χ2n) is 5.64. The molecule has 1 saturated heterocycles. The topological polar surface area (TPSA) is 52.6 Å². The van der Waals surface area contributed by atoms with E-state index in [2.05, 4.69) is 0 Å². The number of carbonyl (C=O) groups excluding carboxylic acids is 2. The quantitative estimate of drug-likeness (QED) is 0.707. The van der Waals surface area contributed by atoms with E-state index in [0.717, 1.165) is 0 Å². The molecule has 2 aliphatic rings. The van der Waals surface area contributed by atoms with Gasteiger partial charge in [-0.2, -0.15) is 0 Å². The van der Waals surface area contributed by atoms with Gasteiger partial charge >= 0.3 is 11.9 Å². The molecule has 0 aromatic heterocycles. The fraction of sp³-hybridized carbons (Fsp3) is 0.846. The molecule has 2 fully saturated rings. The molecule has 1 saturated carbocycles. The third-order valence-electron chi connectivity index (χ3n) is 4.23. The first kappa shape index (κ1) is 12.4. The van der Waals surface area contributed by atoms with Gasteiger partial charge in [0, 0.05) is 5.92 Å². The minimum absolute atomic E-state index is 0.0680. The maximum atomic E-state index is 12.1. The SMILES string of the molecule is CCOC(=O)C12CCC(C)(C(=O)O1)C2C(C)C. The Hall–Kier alpha value is -1.06. The molecule has 4 nitrogen and oxygen atoms in total. The molecule has 0 aromatic rings. The van der Waals surface area contributed by atoms with Crippen LogP contribution in [0.3, 0.4) is 0 Å². The monoisotopic (exact) mass is 240 g/mol. The summed E-state index contributed by atoms with van der Waals surface area (Å²) >= 11 is 0. The van der Waals surface area contributed by atoms with E-state index in [4.69, 9.17) is 9.47 Å². The highest BCUT2D eigenvalue weighted by Crippen LogP contribution is 2.60. The predicted octanol–water partition coefficient (Wildman–Crippen LogP) is 1.92. The van der Waals surface area contributed by atoms with E-state index < -0.39 is 11.0 Å². The Bertz CT molecular complexity index is 362. The fourth-order valence-electron chi connectivity index (χ4n) is 3.69. The summed E-state index contributed by atoms with van der Waals surface area (Å²) < 4.78 is 10.5. The highest BCUT2D eigenvalue weighted by Gasteiger charge is 2.72. The first-order valence-electron chi connectivity index (χ1n) is 6.29. The molecule has 2 bridgehead atoms. The van der Waals surface area contributed by atoms with Gasteiger partial charge in [-0.05, 0) is 32.6 Å². The van der Waals surface area contributed by atoms with E-state index in [0.29, 0.717) is 19.4 Å². The second kappa shape index (κ2) is 3.72. The molecule has 4 heteroatoms. The van der Waals surface area contributed by atoms with Crippen LogP contribution in [0.4, 0.5) is 0 Å². The van der Waals surface area contributed by atoms with Crippen molar-refractivity contribution in [2.75, 3.05) is 6.61 Å². The van der Waals surface area contributed by atoms with Crippen LogP contribution < -0.4 is 0 Å². The average molecular weight is 240 g/mol. The van der Waals surface area contributed by atoms with Crippen molar-refractivity contribution in [3.63, 3.8) is 0 Å². The van der Waals surface area contributed by atoms with Crippen molar-refractivity contribution in [2.45, 2.75) is 46.1 Å². The number of hydrogen-bond donors (Lipinski definition) is 0. The van der Waals surface area contributed by atoms with Crippen LogP contribution in [-0.2, 0) is 19.1 Å². The van der Waals surface area contributed by atoms with E-state index in [1.807, 2.05) is 20.8 Å². The lowest BCUT2D eigenvalue weighted by molar-refractivity contribution is -0.181. The molecule has 0 aromatic carbocycles. The summed E-state index contributed by atoms with van der Waals surface area (Å²) in [5.41, 5.74) is -1.53. The zero-order chi connectivity index (χ0) is 12.8. The van der Waals surface area contributed by atoms with Gasteiger partial charge in [-0.3, -0.25) is 4.79 Å². The lowest BCUT2D eigenvalue weighted by Crippen LogP contribution is -2.45. The first-order chi connectivity index (χ1) is 7.88. The van der Waals surface area contributed by atoms with E-state index in [1.54, 1.807) is 6.92 Å². The van der Waals surface area contributed by atoms with E-state index in [1.165, 1.54) is 0 Å². The molecule has 3 unspecified atom stereocenters. The molecule has 1 heterocycles. The molecular formula is C13H20O4. The zero-order valence-electron chi connectivity index (χ0n) is 10.9. The maximum Gasteiger partial charge on any atom is 0.350 e. The molecule has 0 N–H and O–H groups in total. The van der Waals surface area contributed by atoms with Crippen LogP contribution in [0, 0.1) is 17.3 Å². The number of ether oxygens (including phenoxy) is 2. The van der Waals surface area contributed by atoms with Gasteiger partial charge in [-0.25, -0.2) is 4.79 Å². The summed E-state index contributed by atoms with van der Waals surface area (Å²) in [6.45, 7) is 8.06. The van der Waals surface area contributed by atoms with Gasteiger partial charge in [-0.1, -0.05) is 13.8 Å². The number of fused-ring (bicyclic) bond motifs is 2. The van der Waals surface area contributed by atoms with Gasteiger partial charge in [0.05, 0.1) is 12.0 Å². The van der Waals surface area contributed by atoms with Crippen molar-refractivity contribution in [1.29, 1.82) is 0 Å². The van der Waals surface area contributed by atoms with Crippen LogP contribution in [0.15, 0.2) is 0 Å². The Morgan fingerprint density at radius 1 is 1.53 bits per heavy atom. The normalized spacial score (nSPS) is 39.6. The van der Waals surface area contributed by atoms with E-state index in [-0.39, 0.29) is 23.8 Å². The zero-order valence-corrected chi connectivity index (χ0v) is 10.9. The van der Waals surface area contributed by atoms with Gasteiger partial charge in [-0.15, -0.1) is 0 Å². The van der Waals surface area contributed by atoms with Crippen molar-refractivity contribution < 1.29 is 19.1 Å². The van der Waals surface area contributed by atoms with Gasteiger partial charge in [0.25, 0.3) is 0 Å². The number of carbonyl (C=O) groups is 2. The molecule has 1 aliphatic carbocycles. The number of rotatable bonds is 3. The molecule has 1 aliphatic heterocycles. The van der Waals surface area contributed by atoms with Crippen LogP contribution in [0.5, 0.6) is 0 Å². The Labute approximate surface area is 102 Å². The fourth-order valence-corrected chi connectivity index (χ4v) is 3.69. The van der Waals surface area contributed by atoms with Crippen molar-refractivity contribution >= 4 is 11.9 Å². The summed E-state index contributed by atoms with van der Waals surface area (Å²) in [5.74, 6) is -0.455. The van der Waals surface area contributed by atoms with E-state index >= 15 is 0 Å². The van der Waals surface area contributed by atoms with Crippen LogP contribution in [0.2, 0.25) is 0 Å². The minimum Gasteiger partial charge on any atom is -0.463 e. The van der Waals surface area contributed by atoms with Gasteiger partial charge < -0.3 is 9.47 Å². The Kier molecular flexibility index (Phi) is 2.71. The third-order valence-corrected chi connectivity index (χ3v) is 4.23. The Balaban J connectivity index is 2.40. The van der Waals surface area contributed by atoms with Crippen LogP contribution in [0.1, 0.15) is 40.5 Å². The first-order valence-corrected chi connectivity index (χ1v) is 6.29. The van der Waals surface area contributed by atoms with Crippen LogP contribution >= 0.6 is 0 Å². The van der Waals surface area contributed by atoms with Crippen molar-refractivity contribution in [3.05, 3.63) is 0 Å². The summed E-state index contributed by atoms with van der Waals surface area (Å²) in [4.78, 5) is 24.1. The molecular weight excluding hydrogens is 220 g/mol. The standard InChI is InChI=1S/C13H20O4/c1-5-16-11(15)13-7-6-12(4,10(14)17-13)9(13)8(2)3/h8-9H,5-7H2,1-4H3. The summed E-state index contributed by atoms with van der Waals surface area (Å²) in [7, 11) is 0. The van der Waals surface area contributed by atoms with Gasteiger partial charge in [0.15, 0.2) is 0 Å². The van der Waals surface area contributed by atoms with Crippen molar-refractivity contribution in [3.8, 4) is 0 Å². The molecule has 0 spiro atoms. The predicted molar refractivity (Wildman–Crippen MR) is 61.1 cm³/mol. The number of hydrogen-bond acceptors (Lipinski definition) is 4. The van der Waals surface area contributed by atoms with Gasteiger partial charge in [0.2, 0.25) is 5.60 Å². The third kappa shape index (κ3) is 1.42. The smallest absolute Gasteiger partial charge is 0.350 e. The van der Waals surface area contributed by atoms with E-state index in [9.17, 15) is 9.59 Å². The number of esters is 2. The molecule has 0 amide bonds. The molecule has 96 valence electrons. The molecule has 3 atom stereocenters. The van der Waals surface area contributed by atoms with Gasteiger partial charge in [0.1, 0.15) is 0 Å². The molecule has 17 heavy (non-hydrogen) atoms. The highest BCUT2D eigenvalue weighted by molar-refractivity contribution is 5.92. The average Bonchev–Trinajstić information content (AvgIpc) is 2.65. The van der Waals surface area contributed by atoms with Crippen LogP contribution in [-0.4, -0.2) is 24.1 Å². The lowest BCUT2D eigenvalue weighted by atomic mass is 9.72. The Morgan fingerprint density at radius 3 is 2.65 bits per heavy atom. The lowest BCUT2D eigenvalue weighted by Gasteiger charge is -2.30. The largest absolute Gasteiger partial charge is 0.463 e. The summed E-state index contributed by atoms with van der Waals surface area (Å²) in [6.07, 6.45) is 1.31. The highest BCUT2D eigenvalue weighted by atomic mass is 16.6. The maximum absolute atomic E-state index is 12.1. The molecule has 2 rings (SSSR count). The van der Waals surface area contributed by atoms with Crippen molar-refractivity contribution in [1.82, 2.24) is 0 Å². The minimum atomic E-state index is -1.02. The van der Waals surface area contributed by atoms with Crippen molar-refractivity contribution in [2.24, 2.45) is 17.3 Å². The summed E-state index contributed by atoms with van der Waals surface area (Å²) in [5, 5.41) is 0. The Morgan fingerprint density at radius 2 is 2.18 bits per heavy atom. The second-order valence-corrected chi connectivity index (χ2v) is 5.64. The molecule has 0 radical (unpaired) electrons. The van der Waals surface area contributed by atoms with Crippen LogP contribution in [0.25, 0.3) is 0 Å². The summed E-state index contributed by atoms with van der Waals surface area (Å²) in [6, 6.07) is 0.